The molecular formula is C21H20ClNO3. The summed E-state index contributed by atoms with van der Waals surface area (Å²) in [5.74, 6) is -0.210. The molecule has 3 aromatic rings. The van der Waals surface area contributed by atoms with Crippen molar-refractivity contribution in [2.75, 3.05) is 7.11 Å². The van der Waals surface area contributed by atoms with Crippen LogP contribution in [0.1, 0.15) is 23.2 Å². The smallest absolute Gasteiger partial charge is 0.306 e. The number of rotatable bonds is 4. The van der Waals surface area contributed by atoms with E-state index in [0.717, 1.165) is 34.3 Å². The van der Waals surface area contributed by atoms with E-state index in [1.54, 1.807) is 7.11 Å². The predicted octanol–water partition coefficient (Wildman–Crippen LogP) is 4.54. The number of hydrogen-bond acceptors (Lipinski definition) is 2. The number of carboxylic acid groups (broad SMARTS) is 1. The van der Waals surface area contributed by atoms with Gasteiger partial charge in [-0.2, -0.15) is 0 Å². The predicted molar refractivity (Wildman–Crippen MR) is 102 cm³/mol. The van der Waals surface area contributed by atoms with Gasteiger partial charge in [-0.1, -0.05) is 23.7 Å². The Morgan fingerprint density at radius 2 is 2.04 bits per heavy atom. The third kappa shape index (κ3) is 2.95. The fourth-order valence-corrected chi connectivity index (χ4v) is 4.04. The highest BCUT2D eigenvalue weighted by Crippen LogP contribution is 2.36. The molecule has 1 aliphatic rings. The number of halogens is 1. The van der Waals surface area contributed by atoms with Gasteiger partial charge in [-0.3, -0.25) is 4.79 Å². The third-order valence-electron chi connectivity index (χ3n) is 5.28. The Morgan fingerprint density at radius 3 is 2.73 bits per heavy atom. The van der Waals surface area contributed by atoms with Crippen LogP contribution in [0.15, 0.2) is 42.5 Å². The Kier molecular flexibility index (Phi) is 4.37. The van der Waals surface area contributed by atoms with E-state index in [1.807, 2.05) is 30.3 Å². The number of carbonyl (C=O) groups is 1. The molecule has 1 unspecified atom stereocenters. The summed E-state index contributed by atoms with van der Waals surface area (Å²) in [7, 11) is 1.67. The summed E-state index contributed by atoms with van der Waals surface area (Å²) in [5.41, 5.74) is 4.64. The topological polar surface area (TPSA) is 51.5 Å². The van der Waals surface area contributed by atoms with Crippen molar-refractivity contribution in [2.24, 2.45) is 5.92 Å². The van der Waals surface area contributed by atoms with Gasteiger partial charge >= 0.3 is 5.97 Å². The van der Waals surface area contributed by atoms with Crippen LogP contribution in [0.4, 0.5) is 0 Å². The van der Waals surface area contributed by atoms with E-state index in [9.17, 15) is 9.90 Å². The van der Waals surface area contributed by atoms with Gasteiger partial charge in [0, 0.05) is 34.6 Å². The monoisotopic (exact) mass is 369 g/mol. The Balaban J connectivity index is 1.85. The molecule has 1 aliphatic carbocycles. The van der Waals surface area contributed by atoms with Crippen molar-refractivity contribution in [2.45, 2.75) is 25.8 Å². The summed E-state index contributed by atoms with van der Waals surface area (Å²) in [6.07, 6.45) is 2.03. The van der Waals surface area contributed by atoms with Crippen molar-refractivity contribution in [1.29, 1.82) is 0 Å². The molecule has 5 heteroatoms. The van der Waals surface area contributed by atoms with Gasteiger partial charge in [0.1, 0.15) is 5.75 Å². The Bertz CT molecular complexity index is 975. The van der Waals surface area contributed by atoms with E-state index in [1.165, 1.54) is 5.56 Å². The maximum Gasteiger partial charge on any atom is 0.306 e. The molecule has 0 aliphatic heterocycles. The van der Waals surface area contributed by atoms with E-state index >= 15 is 0 Å². The zero-order valence-corrected chi connectivity index (χ0v) is 15.3. The van der Waals surface area contributed by atoms with Crippen molar-refractivity contribution in [3.05, 3.63) is 64.3 Å². The number of hydrogen-bond donors (Lipinski definition) is 1. The van der Waals surface area contributed by atoms with Gasteiger partial charge < -0.3 is 14.4 Å². The van der Waals surface area contributed by atoms with Gasteiger partial charge in [-0.05, 0) is 54.3 Å². The molecule has 0 bridgehead atoms. The number of carboxylic acids is 1. The van der Waals surface area contributed by atoms with Crippen molar-refractivity contribution >= 4 is 28.5 Å². The quantitative estimate of drug-likeness (QED) is 0.734. The van der Waals surface area contributed by atoms with Gasteiger partial charge in [0.25, 0.3) is 0 Å². The van der Waals surface area contributed by atoms with Crippen LogP contribution in [0.25, 0.3) is 10.9 Å². The first-order chi connectivity index (χ1) is 12.6. The zero-order valence-electron chi connectivity index (χ0n) is 14.5. The Hall–Kier alpha value is -2.46. The molecule has 4 rings (SSSR count). The standard InChI is InChI=1S/C21H20ClNO3/c1-26-16-7-9-19-18(11-16)17-8-4-14(21(24)25)10-20(17)23(19)12-13-2-5-15(22)6-3-13/h2-3,5-7,9,11,14H,4,8,10,12H2,1H3,(H,24,25). The lowest BCUT2D eigenvalue weighted by atomic mass is 9.87. The first kappa shape index (κ1) is 17.0. The number of ether oxygens (including phenoxy) is 1. The molecule has 0 saturated heterocycles. The van der Waals surface area contributed by atoms with Gasteiger partial charge in [-0.15, -0.1) is 0 Å². The minimum absolute atomic E-state index is 0.322. The van der Waals surface area contributed by atoms with Gasteiger partial charge in [0.2, 0.25) is 0 Å². The maximum atomic E-state index is 11.5. The summed E-state index contributed by atoms with van der Waals surface area (Å²) in [6, 6.07) is 13.9. The van der Waals surface area contributed by atoms with Crippen LogP contribution in [0, 0.1) is 5.92 Å². The molecule has 0 radical (unpaired) electrons. The molecule has 134 valence electrons. The normalized spacial score (nSPS) is 16.5. The SMILES string of the molecule is COc1ccc2c(c1)c1c(n2Cc2ccc(Cl)cc2)CC(C(=O)O)CC1. The Labute approximate surface area is 157 Å². The molecule has 26 heavy (non-hydrogen) atoms. The molecule has 0 saturated carbocycles. The second-order valence-electron chi connectivity index (χ2n) is 6.80. The van der Waals surface area contributed by atoms with E-state index in [0.29, 0.717) is 24.4 Å². The molecule has 4 nitrogen and oxygen atoms in total. The number of aliphatic carboxylic acids is 1. The molecule has 2 aromatic carbocycles. The lowest BCUT2D eigenvalue weighted by Crippen LogP contribution is -2.23. The highest BCUT2D eigenvalue weighted by Gasteiger charge is 2.29. The number of benzene rings is 2. The summed E-state index contributed by atoms with van der Waals surface area (Å²) in [6.45, 7) is 0.696. The van der Waals surface area contributed by atoms with E-state index in [2.05, 4.69) is 16.7 Å². The zero-order chi connectivity index (χ0) is 18.3. The maximum absolute atomic E-state index is 11.5. The van der Waals surface area contributed by atoms with Crippen LogP contribution in [0.2, 0.25) is 5.02 Å². The van der Waals surface area contributed by atoms with E-state index in [-0.39, 0.29) is 5.92 Å². The second kappa shape index (κ2) is 6.69. The van der Waals surface area contributed by atoms with E-state index < -0.39 is 5.97 Å². The molecule has 1 heterocycles. The van der Waals surface area contributed by atoms with Crippen molar-refractivity contribution in [3.8, 4) is 5.75 Å². The van der Waals surface area contributed by atoms with E-state index in [4.69, 9.17) is 16.3 Å². The highest BCUT2D eigenvalue weighted by molar-refractivity contribution is 6.30. The number of methoxy groups -OCH3 is 1. The molecule has 1 aromatic heterocycles. The van der Waals surface area contributed by atoms with Crippen LogP contribution in [-0.4, -0.2) is 22.8 Å². The summed E-state index contributed by atoms with van der Waals surface area (Å²) in [4.78, 5) is 11.5. The summed E-state index contributed by atoms with van der Waals surface area (Å²) < 4.78 is 7.65. The van der Waals surface area contributed by atoms with Crippen LogP contribution in [-0.2, 0) is 24.2 Å². The number of fused-ring (bicyclic) bond motifs is 3. The molecule has 0 fully saturated rings. The molecule has 1 N–H and O–H groups in total. The lowest BCUT2D eigenvalue weighted by molar-refractivity contribution is -0.142. The first-order valence-electron chi connectivity index (χ1n) is 8.72. The minimum atomic E-state index is -0.712. The highest BCUT2D eigenvalue weighted by atomic mass is 35.5. The van der Waals surface area contributed by atoms with Gasteiger partial charge in [0.05, 0.1) is 13.0 Å². The third-order valence-corrected chi connectivity index (χ3v) is 5.53. The lowest BCUT2D eigenvalue weighted by Gasteiger charge is -2.21. The second-order valence-corrected chi connectivity index (χ2v) is 7.24. The van der Waals surface area contributed by atoms with Crippen LogP contribution in [0.3, 0.4) is 0 Å². The van der Waals surface area contributed by atoms with Crippen LogP contribution >= 0.6 is 11.6 Å². The molecule has 0 amide bonds. The van der Waals surface area contributed by atoms with Crippen LogP contribution < -0.4 is 4.74 Å². The molecule has 1 atom stereocenters. The van der Waals surface area contributed by atoms with Crippen molar-refractivity contribution < 1.29 is 14.6 Å². The summed E-state index contributed by atoms with van der Waals surface area (Å²) >= 11 is 6.01. The van der Waals surface area contributed by atoms with Gasteiger partial charge in [0.15, 0.2) is 0 Å². The number of aryl methyl sites for hydroxylation is 1. The van der Waals surface area contributed by atoms with Crippen molar-refractivity contribution in [3.63, 3.8) is 0 Å². The fourth-order valence-electron chi connectivity index (χ4n) is 3.91. The molecule has 0 spiro atoms. The molecular weight excluding hydrogens is 350 g/mol. The number of nitrogens with zero attached hydrogens (tertiary/aromatic N) is 1. The Morgan fingerprint density at radius 1 is 1.27 bits per heavy atom. The van der Waals surface area contributed by atoms with Crippen molar-refractivity contribution in [1.82, 2.24) is 4.57 Å². The van der Waals surface area contributed by atoms with Crippen LogP contribution in [0.5, 0.6) is 5.75 Å². The minimum Gasteiger partial charge on any atom is -0.497 e. The van der Waals surface area contributed by atoms with Gasteiger partial charge in [-0.25, -0.2) is 0 Å². The first-order valence-corrected chi connectivity index (χ1v) is 9.10. The fraction of sp³-hybridized carbons (Fsp3) is 0.286. The summed E-state index contributed by atoms with van der Waals surface area (Å²) in [5, 5.41) is 11.4. The average molecular weight is 370 g/mol. The average Bonchev–Trinajstić information content (AvgIpc) is 2.96. The number of aromatic nitrogens is 1. The largest absolute Gasteiger partial charge is 0.497 e.